The number of carbonyl (C=O) groups is 1. The van der Waals surface area contributed by atoms with Gasteiger partial charge in [0.15, 0.2) is 6.29 Å². The Kier molecular flexibility index (Phi) is 11.0. The van der Waals surface area contributed by atoms with Crippen molar-refractivity contribution in [3.05, 3.63) is 48.0 Å². The van der Waals surface area contributed by atoms with Crippen molar-refractivity contribution in [1.29, 1.82) is 0 Å². The first kappa shape index (κ1) is 32.7. The molecule has 0 aromatic heterocycles. The minimum Gasteiger partial charge on any atom is -0.497 e. The van der Waals surface area contributed by atoms with Crippen molar-refractivity contribution in [1.82, 2.24) is 5.32 Å². The Balaban J connectivity index is 1.49. The molecule has 15 nitrogen and oxygen atoms in total. The standard InChI is InChI=1S/C28H37NO14/c1-37-14-4-6-15(7-5-14)40-28-24(35)23(34)25(19(12-31)42-28)43-27-22(33)20(21(32)18(11-30)41-27)29-26(36)13-8-16(38-2)10-17(9-13)39-3/h4-10,18-25,27-28,30-35H,11-12H2,1-3H3,(H,29,36)/t18-,19-,20+,21+,22-,23-,24-,25+,27-,28-/m1/s1. The van der Waals surface area contributed by atoms with Crippen LogP contribution in [0.3, 0.4) is 0 Å². The fourth-order valence-corrected chi connectivity index (χ4v) is 4.80. The van der Waals surface area contributed by atoms with E-state index in [1.807, 2.05) is 0 Å². The highest BCUT2D eigenvalue weighted by atomic mass is 16.7. The van der Waals surface area contributed by atoms with E-state index in [-0.39, 0.29) is 11.3 Å². The van der Waals surface area contributed by atoms with Gasteiger partial charge in [-0.15, -0.1) is 0 Å². The van der Waals surface area contributed by atoms with Gasteiger partial charge in [0, 0.05) is 11.6 Å². The lowest BCUT2D eigenvalue weighted by Gasteiger charge is -2.46. The van der Waals surface area contributed by atoms with Crippen molar-refractivity contribution in [2.45, 2.75) is 61.3 Å². The summed E-state index contributed by atoms with van der Waals surface area (Å²) < 4.78 is 38.1. The first-order valence-corrected chi connectivity index (χ1v) is 13.4. The van der Waals surface area contributed by atoms with Crippen LogP contribution in [-0.2, 0) is 14.2 Å². The number of ether oxygens (including phenoxy) is 7. The molecule has 2 aromatic rings. The molecule has 7 N–H and O–H groups in total. The van der Waals surface area contributed by atoms with E-state index < -0.39 is 80.5 Å². The Bertz CT molecular complexity index is 1170. The molecular weight excluding hydrogens is 574 g/mol. The third-order valence-corrected chi connectivity index (χ3v) is 7.22. The largest absolute Gasteiger partial charge is 0.497 e. The van der Waals surface area contributed by atoms with E-state index in [9.17, 15) is 35.4 Å². The van der Waals surface area contributed by atoms with Crippen molar-refractivity contribution >= 4 is 5.91 Å². The van der Waals surface area contributed by atoms with Crippen LogP contribution in [0.5, 0.6) is 23.0 Å². The lowest BCUT2D eigenvalue weighted by Crippen LogP contribution is -2.67. The second kappa shape index (κ2) is 14.5. The summed E-state index contributed by atoms with van der Waals surface area (Å²) >= 11 is 0. The maximum absolute atomic E-state index is 13.1. The van der Waals surface area contributed by atoms with E-state index in [4.69, 9.17) is 33.2 Å². The molecule has 4 rings (SSSR count). The number of hydrogen-bond acceptors (Lipinski definition) is 14. The number of benzene rings is 2. The maximum Gasteiger partial charge on any atom is 0.251 e. The zero-order valence-electron chi connectivity index (χ0n) is 23.7. The monoisotopic (exact) mass is 611 g/mol. The van der Waals surface area contributed by atoms with Crippen LogP contribution in [0.2, 0.25) is 0 Å². The van der Waals surface area contributed by atoms with Gasteiger partial charge < -0.3 is 69.1 Å². The number of rotatable bonds is 11. The third kappa shape index (κ3) is 7.29. The zero-order valence-corrected chi connectivity index (χ0v) is 23.7. The zero-order chi connectivity index (χ0) is 31.3. The number of amides is 1. The molecule has 1 amide bonds. The van der Waals surface area contributed by atoms with Crippen molar-refractivity contribution < 1.29 is 68.6 Å². The van der Waals surface area contributed by atoms with E-state index in [2.05, 4.69) is 5.32 Å². The summed E-state index contributed by atoms with van der Waals surface area (Å²) in [4.78, 5) is 13.1. The summed E-state index contributed by atoms with van der Waals surface area (Å²) in [5.74, 6) is 0.767. The van der Waals surface area contributed by atoms with Gasteiger partial charge in [-0.2, -0.15) is 0 Å². The molecule has 10 atom stereocenters. The fraction of sp³-hybridized carbons (Fsp3) is 0.536. The van der Waals surface area contributed by atoms with Crippen molar-refractivity contribution in [3.8, 4) is 23.0 Å². The van der Waals surface area contributed by atoms with Gasteiger partial charge >= 0.3 is 0 Å². The van der Waals surface area contributed by atoms with Crippen LogP contribution in [0.4, 0.5) is 0 Å². The second-order valence-electron chi connectivity index (χ2n) is 9.91. The molecule has 2 heterocycles. The minimum atomic E-state index is -1.74. The Morgan fingerprint density at radius 3 is 1.84 bits per heavy atom. The van der Waals surface area contributed by atoms with Gasteiger partial charge in [0.25, 0.3) is 5.91 Å². The number of carbonyl (C=O) groups excluding carboxylic acids is 1. The van der Waals surface area contributed by atoms with Crippen molar-refractivity contribution in [3.63, 3.8) is 0 Å². The lowest BCUT2D eigenvalue weighted by molar-refractivity contribution is -0.343. The topological polar surface area (TPSA) is 215 Å². The van der Waals surface area contributed by atoms with E-state index in [1.165, 1.54) is 33.5 Å². The summed E-state index contributed by atoms with van der Waals surface area (Å²) in [6, 6.07) is 9.30. The van der Waals surface area contributed by atoms with Crippen molar-refractivity contribution in [2.24, 2.45) is 0 Å². The predicted molar refractivity (Wildman–Crippen MR) is 145 cm³/mol. The summed E-state index contributed by atoms with van der Waals surface area (Å²) in [5, 5.41) is 65.9. The summed E-state index contributed by atoms with van der Waals surface area (Å²) in [7, 11) is 4.31. The molecule has 0 spiro atoms. The SMILES string of the molecule is COc1ccc(O[C@@H]2O[C@H](CO)[C@H](O[C@H]3O[C@H](CO)[C@H](O)[C@H](NC(=O)c4cc(OC)cc(OC)c4)[C@H]3O)[C@H](O)[C@H]2O)cc1. The lowest BCUT2D eigenvalue weighted by atomic mass is 9.94. The summed E-state index contributed by atoms with van der Waals surface area (Å²) in [6.45, 7) is -1.41. The maximum atomic E-state index is 13.1. The van der Waals surface area contributed by atoms with Crippen molar-refractivity contribution in [2.75, 3.05) is 34.5 Å². The normalized spacial score (nSPS) is 32.5. The first-order chi connectivity index (χ1) is 20.6. The molecule has 0 bridgehead atoms. The van der Waals surface area contributed by atoms with E-state index >= 15 is 0 Å². The molecule has 0 radical (unpaired) electrons. The molecule has 15 heteroatoms. The highest BCUT2D eigenvalue weighted by Crippen LogP contribution is 2.31. The number of hydrogen-bond donors (Lipinski definition) is 7. The Labute approximate surface area is 247 Å². The van der Waals surface area contributed by atoms with Gasteiger partial charge in [-0.25, -0.2) is 0 Å². The van der Waals surface area contributed by atoms with Gasteiger partial charge in [0.1, 0.15) is 65.7 Å². The van der Waals surface area contributed by atoms with Crippen LogP contribution in [0.15, 0.2) is 42.5 Å². The minimum absolute atomic E-state index is 0.0857. The smallest absolute Gasteiger partial charge is 0.251 e. The molecule has 2 aliphatic rings. The molecule has 0 aliphatic carbocycles. The van der Waals surface area contributed by atoms with Gasteiger partial charge in [0.05, 0.1) is 40.6 Å². The average Bonchev–Trinajstić information content (AvgIpc) is 3.03. The van der Waals surface area contributed by atoms with Crippen LogP contribution < -0.4 is 24.3 Å². The summed E-state index contributed by atoms with van der Waals surface area (Å²) in [5.41, 5.74) is 0.0857. The molecule has 2 aliphatic heterocycles. The highest BCUT2D eigenvalue weighted by molar-refractivity contribution is 5.95. The quantitative estimate of drug-likeness (QED) is 0.149. The van der Waals surface area contributed by atoms with E-state index in [0.29, 0.717) is 17.2 Å². The fourth-order valence-electron chi connectivity index (χ4n) is 4.80. The number of nitrogens with one attached hydrogen (secondary N) is 1. The number of aliphatic hydroxyl groups is 6. The van der Waals surface area contributed by atoms with Crippen LogP contribution >= 0.6 is 0 Å². The predicted octanol–water partition coefficient (Wildman–Crippen LogP) is -1.85. The van der Waals surface area contributed by atoms with Crippen LogP contribution in [0, 0.1) is 0 Å². The molecule has 2 saturated heterocycles. The number of methoxy groups -OCH3 is 3. The van der Waals surface area contributed by atoms with Crippen LogP contribution in [0.25, 0.3) is 0 Å². The van der Waals surface area contributed by atoms with Crippen LogP contribution in [-0.4, -0.2) is 132 Å². The molecule has 2 aromatic carbocycles. The first-order valence-electron chi connectivity index (χ1n) is 13.4. The molecule has 0 saturated carbocycles. The third-order valence-electron chi connectivity index (χ3n) is 7.22. The summed E-state index contributed by atoms with van der Waals surface area (Å²) in [6.07, 6.45) is -13.8. The molecule has 43 heavy (non-hydrogen) atoms. The van der Waals surface area contributed by atoms with Crippen LogP contribution in [0.1, 0.15) is 10.4 Å². The van der Waals surface area contributed by atoms with Gasteiger partial charge in [0.2, 0.25) is 6.29 Å². The second-order valence-corrected chi connectivity index (χ2v) is 9.91. The highest BCUT2D eigenvalue weighted by Gasteiger charge is 2.51. The Hall–Kier alpha value is -3.25. The van der Waals surface area contributed by atoms with E-state index in [1.54, 1.807) is 30.3 Å². The van der Waals surface area contributed by atoms with Gasteiger partial charge in [-0.3, -0.25) is 4.79 Å². The van der Waals surface area contributed by atoms with Gasteiger partial charge in [-0.1, -0.05) is 0 Å². The molecule has 238 valence electrons. The van der Waals surface area contributed by atoms with Gasteiger partial charge in [-0.05, 0) is 36.4 Å². The number of aliphatic hydroxyl groups excluding tert-OH is 6. The average molecular weight is 612 g/mol. The molecular formula is C28H37NO14. The molecule has 2 fully saturated rings. The van der Waals surface area contributed by atoms with E-state index in [0.717, 1.165) is 0 Å². The molecule has 0 unspecified atom stereocenters. The Morgan fingerprint density at radius 1 is 0.721 bits per heavy atom. The Morgan fingerprint density at radius 2 is 1.28 bits per heavy atom.